The number of carbonyl (C=O) groups excluding carboxylic acids is 4. The third kappa shape index (κ3) is 10.1. The lowest BCUT2D eigenvalue weighted by Crippen LogP contribution is -2.44. The Kier molecular flexibility index (Phi) is 13.1. The lowest BCUT2D eigenvalue weighted by molar-refractivity contribution is -0.183. The maximum absolute atomic E-state index is 12.3. The van der Waals surface area contributed by atoms with Gasteiger partial charge >= 0.3 is 23.9 Å². The van der Waals surface area contributed by atoms with Crippen LogP contribution in [0.2, 0.25) is 0 Å². The van der Waals surface area contributed by atoms with Gasteiger partial charge in [0.1, 0.15) is 12.7 Å². The number of carboxylic acids is 1. The van der Waals surface area contributed by atoms with Crippen molar-refractivity contribution < 1.29 is 58.2 Å². The molecule has 3 rings (SSSR count). The number of carboxylic acid groups (broad SMARTS) is 1. The monoisotopic (exact) mass is 528 g/mol. The SMILES string of the molecule is C=C(C)C(=O)O.C=C(C)C(=O)OCCO.CC(=O)C(=O)OC1C(O)C2CC(C(=O)OC3CCCO3)C1C2. The van der Waals surface area contributed by atoms with E-state index in [1.165, 1.54) is 6.92 Å². The van der Waals surface area contributed by atoms with E-state index < -0.39 is 48.1 Å². The third-order valence-electron chi connectivity index (χ3n) is 5.90. The smallest absolute Gasteiger partial charge is 0.374 e. The number of aliphatic hydroxyl groups is 2. The van der Waals surface area contributed by atoms with Crippen LogP contribution < -0.4 is 0 Å². The molecular weight excluding hydrogens is 492 g/mol. The molecule has 0 aromatic carbocycles. The van der Waals surface area contributed by atoms with Crippen LogP contribution >= 0.6 is 0 Å². The van der Waals surface area contributed by atoms with Gasteiger partial charge in [0, 0.05) is 30.4 Å². The highest BCUT2D eigenvalue weighted by Crippen LogP contribution is 2.50. The molecule has 0 aromatic rings. The van der Waals surface area contributed by atoms with E-state index in [4.69, 9.17) is 24.4 Å². The van der Waals surface area contributed by atoms with Crippen LogP contribution in [0.3, 0.4) is 0 Å². The molecule has 2 aliphatic carbocycles. The van der Waals surface area contributed by atoms with Gasteiger partial charge in [-0.1, -0.05) is 13.2 Å². The minimum absolute atomic E-state index is 0.0473. The van der Waals surface area contributed by atoms with E-state index in [1.54, 1.807) is 6.92 Å². The fraction of sp³-hybridized carbons (Fsp3) is 0.640. The van der Waals surface area contributed by atoms with E-state index in [-0.39, 0.29) is 36.6 Å². The van der Waals surface area contributed by atoms with Gasteiger partial charge in [-0.2, -0.15) is 0 Å². The van der Waals surface area contributed by atoms with Gasteiger partial charge in [0.25, 0.3) is 0 Å². The summed E-state index contributed by atoms with van der Waals surface area (Å²) in [5.74, 6) is -4.25. The number of ether oxygens (including phenoxy) is 4. The lowest BCUT2D eigenvalue weighted by Gasteiger charge is -2.31. The Bertz CT molecular complexity index is 861. The number of aliphatic hydroxyl groups excluding tert-OH is 2. The summed E-state index contributed by atoms with van der Waals surface area (Å²) in [7, 11) is 0. The van der Waals surface area contributed by atoms with Crippen molar-refractivity contribution in [3.05, 3.63) is 24.3 Å². The Morgan fingerprint density at radius 1 is 0.973 bits per heavy atom. The van der Waals surface area contributed by atoms with E-state index in [0.29, 0.717) is 31.4 Å². The molecule has 0 spiro atoms. The number of hydrogen-bond acceptors (Lipinski definition) is 11. The molecule has 1 heterocycles. The molecule has 2 bridgehead atoms. The molecule has 37 heavy (non-hydrogen) atoms. The van der Waals surface area contributed by atoms with Crippen LogP contribution in [-0.2, 0) is 42.9 Å². The van der Waals surface area contributed by atoms with Gasteiger partial charge in [0.15, 0.2) is 0 Å². The van der Waals surface area contributed by atoms with Crippen molar-refractivity contribution >= 4 is 29.7 Å². The highest BCUT2D eigenvalue weighted by molar-refractivity contribution is 6.32. The predicted octanol–water partition coefficient (Wildman–Crippen LogP) is 0.929. The number of aliphatic carboxylic acids is 1. The number of Topliss-reactive ketones (excluding diaryl/α,β-unsaturated/α-hetero) is 1. The quantitative estimate of drug-likeness (QED) is 0.176. The van der Waals surface area contributed by atoms with Crippen LogP contribution in [0.5, 0.6) is 0 Å². The molecule has 12 nitrogen and oxygen atoms in total. The van der Waals surface area contributed by atoms with Crippen LogP contribution in [-0.4, -0.2) is 83.3 Å². The topological polar surface area (TPSA) is 183 Å². The maximum atomic E-state index is 12.3. The van der Waals surface area contributed by atoms with Crippen LogP contribution in [0.25, 0.3) is 0 Å². The summed E-state index contributed by atoms with van der Waals surface area (Å²) in [5, 5.41) is 26.2. The van der Waals surface area contributed by atoms with Gasteiger partial charge in [-0.25, -0.2) is 14.4 Å². The molecular formula is C25H36O12. The molecule has 3 N–H and O–H groups in total. The average Bonchev–Trinajstić information content (AvgIpc) is 3.56. The minimum Gasteiger partial charge on any atom is -0.478 e. The lowest BCUT2D eigenvalue weighted by atomic mass is 9.85. The summed E-state index contributed by atoms with van der Waals surface area (Å²) < 4.78 is 20.2. The molecule has 0 radical (unpaired) electrons. The zero-order chi connectivity index (χ0) is 28.3. The van der Waals surface area contributed by atoms with E-state index in [9.17, 15) is 29.1 Å². The van der Waals surface area contributed by atoms with Crippen molar-refractivity contribution in [1.29, 1.82) is 0 Å². The molecule has 0 amide bonds. The average molecular weight is 529 g/mol. The van der Waals surface area contributed by atoms with Crippen molar-refractivity contribution in [3.8, 4) is 0 Å². The molecule has 3 aliphatic rings. The van der Waals surface area contributed by atoms with Gasteiger partial charge in [-0.3, -0.25) is 9.59 Å². The van der Waals surface area contributed by atoms with Crippen molar-refractivity contribution in [2.24, 2.45) is 17.8 Å². The Morgan fingerprint density at radius 3 is 2.03 bits per heavy atom. The van der Waals surface area contributed by atoms with Crippen molar-refractivity contribution in [3.63, 3.8) is 0 Å². The number of esters is 3. The number of rotatable bonds is 8. The van der Waals surface area contributed by atoms with Gasteiger partial charge in [-0.15, -0.1) is 0 Å². The second kappa shape index (κ2) is 15.2. The highest BCUT2D eigenvalue weighted by atomic mass is 16.7. The molecule has 6 unspecified atom stereocenters. The number of fused-ring (bicyclic) bond motifs is 2. The summed E-state index contributed by atoms with van der Waals surface area (Å²) in [6.07, 6.45) is 0.560. The predicted molar refractivity (Wildman–Crippen MR) is 127 cm³/mol. The maximum Gasteiger partial charge on any atom is 0.374 e. The van der Waals surface area contributed by atoms with Gasteiger partial charge in [0.2, 0.25) is 12.1 Å². The fourth-order valence-electron chi connectivity index (χ4n) is 4.03. The molecule has 12 heteroatoms. The molecule has 208 valence electrons. The summed E-state index contributed by atoms with van der Waals surface area (Å²) in [6.45, 7) is 11.1. The zero-order valence-corrected chi connectivity index (χ0v) is 21.3. The second-order valence-corrected chi connectivity index (χ2v) is 9.02. The molecule has 1 saturated heterocycles. The summed E-state index contributed by atoms with van der Waals surface area (Å²) in [5.41, 5.74) is 0.526. The first-order valence-corrected chi connectivity index (χ1v) is 11.8. The van der Waals surface area contributed by atoms with Crippen LogP contribution in [0.15, 0.2) is 24.3 Å². The normalized spacial score (nSPS) is 26.9. The third-order valence-corrected chi connectivity index (χ3v) is 5.90. The van der Waals surface area contributed by atoms with E-state index in [2.05, 4.69) is 17.9 Å². The van der Waals surface area contributed by atoms with Gasteiger partial charge in [0.05, 0.1) is 25.2 Å². The molecule has 6 atom stereocenters. The molecule has 3 fully saturated rings. The first-order valence-electron chi connectivity index (χ1n) is 11.8. The summed E-state index contributed by atoms with van der Waals surface area (Å²) in [4.78, 5) is 54.8. The fourth-order valence-corrected chi connectivity index (χ4v) is 4.03. The number of carbonyl (C=O) groups is 5. The minimum atomic E-state index is -0.970. The summed E-state index contributed by atoms with van der Waals surface area (Å²) >= 11 is 0. The second-order valence-electron chi connectivity index (χ2n) is 9.02. The first kappa shape index (κ1) is 31.9. The summed E-state index contributed by atoms with van der Waals surface area (Å²) in [6, 6.07) is 0. The van der Waals surface area contributed by atoms with Crippen LogP contribution in [0.1, 0.15) is 46.5 Å². The Balaban J connectivity index is 0.000000379. The largest absolute Gasteiger partial charge is 0.478 e. The molecule has 2 saturated carbocycles. The molecule has 0 aromatic heterocycles. The Labute approximate surface area is 215 Å². The van der Waals surface area contributed by atoms with E-state index in [1.807, 2.05) is 0 Å². The first-order chi connectivity index (χ1) is 17.3. The Hall–Kier alpha value is -3.09. The standard InChI is InChI=1S/C15H20O7.C6H10O3.C4H6O2/c1-7(16)14(18)22-13-9-5-8(12(13)17)6-10(9)15(19)21-11-3-2-4-20-11;1-5(2)6(8)9-4-3-7;1-3(2)4(5)6/h8-13,17H,2-6H2,1H3;7H,1,3-4H2,2H3;1H2,2H3,(H,5,6). The van der Waals surface area contributed by atoms with E-state index in [0.717, 1.165) is 13.3 Å². The van der Waals surface area contributed by atoms with Gasteiger partial charge < -0.3 is 34.3 Å². The van der Waals surface area contributed by atoms with E-state index >= 15 is 0 Å². The highest BCUT2D eigenvalue weighted by Gasteiger charge is 2.57. The van der Waals surface area contributed by atoms with Crippen LogP contribution in [0, 0.1) is 17.8 Å². The van der Waals surface area contributed by atoms with Crippen molar-refractivity contribution in [2.75, 3.05) is 19.8 Å². The molecule has 1 aliphatic heterocycles. The van der Waals surface area contributed by atoms with Gasteiger partial charge in [-0.05, 0) is 39.0 Å². The van der Waals surface area contributed by atoms with Crippen LogP contribution in [0.4, 0.5) is 0 Å². The number of hydrogen-bond donors (Lipinski definition) is 3. The number of ketones is 1. The van der Waals surface area contributed by atoms with Crippen molar-refractivity contribution in [2.45, 2.75) is 65.0 Å². The van der Waals surface area contributed by atoms with Crippen molar-refractivity contribution in [1.82, 2.24) is 0 Å². The Morgan fingerprint density at radius 2 is 1.59 bits per heavy atom. The zero-order valence-electron chi connectivity index (χ0n) is 21.3.